The summed E-state index contributed by atoms with van der Waals surface area (Å²) in [6.45, 7) is 6.51. The van der Waals surface area contributed by atoms with Gasteiger partial charge in [-0.3, -0.25) is 4.99 Å². The highest BCUT2D eigenvalue weighted by molar-refractivity contribution is 14.0. The summed E-state index contributed by atoms with van der Waals surface area (Å²) in [7, 11) is 0. The molecular formula is C18H29FIN3O2S. The van der Waals surface area contributed by atoms with Gasteiger partial charge in [-0.25, -0.2) is 4.39 Å². The van der Waals surface area contributed by atoms with Gasteiger partial charge in [-0.1, -0.05) is 12.1 Å². The van der Waals surface area contributed by atoms with E-state index in [9.17, 15) is 4.39 Å². The first-order valence-electron chi connectivity index (χ1n) is 8.88. The first-order chi connectivity index (χ1) is 12.3. The Kier molecular flexibility index (Phi) is 13.1. The summed E-state index contributed by atoms with van der Waals surface area (Å²) in [5.74, 6) is 1.40. The van der Waals surface area contributed by atoms with E-state index < -0.39 is 0 Å². The van der Waals surface area contributed by atoms with Crippen LogP contribution in [0.1, 0.15) is 19.8 Å². The van der Waals surface area contributed by atoms with Crippen molar-refractivity contribution in [3.8, 4) is 0 Å². The molecule has 1 saturated heterocycles. The van der Waals surface area contributed by atoms with Crippen LogP contribution in [-0.2, 0) is 9.47 Å². The van der Waals surface area contributed by atoms with Crippen LogP contribution in [0.25, 0.3) is 0 Å². The summed E-state index contributed by atoms with van der Waals surface area (Å²) in [6.07, 6.45) is 2.13. The van der Waals surface area contributed by atoms with Gasteiger partial charge in [0.2, 0.25) is 0 Å². The molecule has 1 aliphatic heterocycles. The average Bonchev–Trinajstić information content (AvgIpc) is 3.13. The van der Waals surface area contributed by atoms with Crippen molar-refractivity contribution in [3.63, 3.8) is 0 Å². The minimum absolute atomic E-state index is 0. The minimum atomic E-state index is -0.166. The average molecular weight is 497 g/mol. The van der Waals surface area contributed by atoms with E-state index in [1.165, 1.54) is 17.8 Å². The van der Waals surface area contributed by atoms with Crippen LogP contribution in [-0.4, -0.2) is 57.3 Å². The van der Waals surface area contributed by atoms with E-state index in [0.29, 0.717) is 24.7 Å². The van der Waals surface area contributed by atoms with Crippen LogP contribution in [0.2, 0.25) is 0 Å². The van der Waals surface area contributed by atoms with Crippen molar-refractivity contribution < 1.29 is 13.9 Å². The molecule has 148 valence electrons. The number of guanidine groups is 1. The summed E-state index contributed by atoms with van der Waals surface area (Å²) in [4.78, 5) is 5.22. The van der Waals surface area contributed by atoms with Gasteiger partial charge in [0, 0.05) is 43.5 Å². The fraction of sp³-hybridized carbons (Fsp3) is 0.611. The third kappa shape index (κ3) is 9.38. The van der Waals surface area contributed by atoms with Gasteiger partial charge >= 0.3 is 0 Å². The lowest BCUT2D eigenvalue weighted by Crippen LogP contribution is -2.38. The number of nitrogens with one attached hydrogen (secondary N) is 2. The second kappa shape index (κ2) is 14.5. The van der Waals surface area contributed by atoms with E-state index in [-0.39, 0.29) is 35.9 Å². The van der Waals surface area contributed by atoms with E-state index in [4.69, 9.17) is 9.47 Å². The number of thioether (sulfide) groups is 1. The van der Waals surface area contributed by atoms with E-state index in [1.54, 1.807) is 12.1 Å². The number of benzene rings is 1. The number of halogens is 2. The largest absolute Gasteiger partial charge is 0.379 e. The molecule has 5 nitrogen and oxygen atoms in total. The van der Waals surface area contributed by atoms with Crippen LogP contribution in [0.3, 0.4) is 0 Å². The smallest absolute Gasteiger partial charge is 0.191 e. The lowest BCUT2D eigenvalue weighted by molar-refractivity contribution is 0.0424. The normalized spacial score (nSPS) is 17.0. The third-order valence-corrected chi connectivity index (χ3v) is 4.70. The maximum Gasteiger partial charge on any atom is 0.191 e. The van der Waals surface area contributed by atoms with Gasteiger partial charge in [0.25, 0.3) is 0 Å². The lowest BCUT2D eigenvalue weighted by atomic mass is 10.3. The highest BCUT2D eigenvalue weighted by Crippen LogP contribution is 2.20. The molecule has 2 N–H and O–H groups in total. The van der Waals surface area contributed by atoms with Gasteiger partial charge in [0.15, 0.2) is 5.96 Å². The van der Waals surface area contributed by atoms with Crippen LogP contribution in [0.5, 0.6) is 0 Å². The van der Waals surface area contributed by atoms with E-state index in [2.05, 4.69) is 15.6 Å². The fourth-order valence-corrected chi connectivity index (χ4v) is 3.19. The van der Waals surface area contributed by atoms with Crippen LogP contribution < -0.4 is 10.6 Å². The van der Waals surface area contributed by atoms with Crippen molar-refractivity contribution in [3.05, 3.63) is 30.1 Å². The van der Waals surface area contributed by atoms with Crippen LogP contribution in [0.15, 0.2) is 34.2 Å². The summed E-state index contributed by atoms with van der Waals surface area (Å²) in [6, 6.07) is 6.84. The summed E-state index contributed by atoms with van der Waals surface area (Å²) < 4.78 is 24.6. The standard InChI is InChI=1S/C18H28FN3O2S.HI/c1-2-20-18(21-9-5-11-24-15-8-12-23-14-15)22-10-13-25-17-7-4-3-6-16(17)19;/h3-4,6-7,15H,2,5,8-14H2,1H3,(H2,20,21,22);1H. The third-order valence-electron chi connectivity index (χ3n) is 3.65. The predicted octanol–water partition coefficient (Wildman–Crippen LogP) is 3.29. The fourth-order valence-electron chi connectivity index (χ4n) is 2.38. The molecule has 0 aliphatic carbocycles. The molecule has 2 rings (SSSR count). The zero-order valence-corrected chi connectivity index (χ0v) is 18.4. The Morgan fingerprint density at radius 2 is 2.23 bits per heavy atom. The molecule has 0 saturated carbocycles. The number of aliphatic imine (C=N–C) groups is 1. The van der Waals surface area contributed by atoms with Gasteiger partial charge in [-0.2, -0.15) is 0 Å². The summed E-state index contributed by atoms with van der Waals surface area (Å²) in [5, 5.41) is 6.50. The molecule has 1 heterocycles. The Bertz CT molecular complexity index is 531. The molecule has 1 aliphatic rings. The summed E-state index contributed by atoms with van der Waals surface area (Å²) >= 11 is 1.50. The van der Waals surface area contributed by atoms with Gasteiger partial charge in [-0.05, 0) is 31.9 Å². The van der Waals surface area contributed by atoms with Gasteiger partial charge in [-0.15, -0.1) is 35.7 Å². The van der Waals surface area contributed by atoms with Gasteiger partial charge < -0.3 is 20.1 Å². The second-order valence-corrected chi connectivity index (χ2v) is 6.81. The maximum atomic E-state index is 13.6. The molecule has 1 aromatic rings. The second-order valence-electron chi connectivity index (χ2n) is 5.68. The summed E-state index contributed by atoms with van der Waals surface area (Å²) in [5.41, 5.74) is 0. The first-order valence-corrected chi connectivity index (χ1v) is 9.87. The van der Waals surface area contributed by atoms with E-state index >= 15 is 0 Å². The lowest BCUT2D eigenvalue weighted by Gasteiger charge is -2.12. The van der Waals surface area contributed by atoms with Crippen molar-refractivity contribution in [2.75, 3.05) is 45.2 Å². The Balaban J connectivity index is 0.00000338. The van der Waals surface area contributed by atoms with Gasteiger partial charge in [0.1, 0.15) is 5.82 Å². The molecule has 1 aromatic carbocycles. The zero-order valence-electron chi connectivity index (χ0n) is 15.2. The highest BCUT2D eigenvalue weighted by Gasteiger charge is 2.15. The quantitative estimate of drug-likeness (QED) is 0.171. The van der Waals surface area contributed by atoms with E-state index in [1.807, 2.05) is 13.0 Å². The maximum absolute atomic E-state index is 13.6. The minimum Gasteiger partial charge on any atom is -0.379 e. The molecule has 26 heavy (non-hydrogen) atoms. The monoisotopic (exact) mass is 497 g/mol. The molecule has 1 atom stereocenters. The van der Waals surface area contributed by atoms with Crippen molar-refractivity contribution in [1.29, 1.82) is 0 Å². The highest BCUT2D eigenvalue weighted by atomic mass is 127. The van der Waals surface area contributed by atoms with Crippen LogP contribution in [0.4, 0.5) is 4.39 Å². The number of ether oxygens (including phenoxy) is 2. The zero-order chi connectivity index (χ0) is 17.7. The van der Waals surface area contributed by atoms with E-state index in [0.717, 1.165) is 44.3 Å². The molecule has 1 unspecified atom stereocenters. The van der Waals surface area contributed by atoms with Crippen molar-refractivity contribution in [2.24, 2.45) is 4.99 Å². The van der Waals surface area contributed by atoms with Crippen molar-refractivity contribution in [2.45, 2.75) is 30.8 Å². The molecule has 0 spiro atoms. The van der Waals surface area contributed by atoms with Crippen molar-refractivity contribution in [1.82, 2.24) is 10.6 Å². The topological polar surface area (TPSA) is 54.9 Å². The van der Waals surface area contributed by atoms with Gasteiger partial charge in [0.05, 0.1) is 12.7 Å². The number of rotatable bonds is 10. The molecule has 0 radical (unpaired) electrons. The van der Waals surface area contributed by atoms with Crippen molar-refractivity contribution >= 4 is 41.7 Å². The molecule has 8 heteroatoms. The molecular weight excluding hydrogens is 468 g/mol. The molecule has 0 aromatic heterocycles. The SMILES string of the molecule is CCNC(=NCCCOC1CCOC1)NCCSc1ccccc1F.I. The van der Waals surface area contributed by atoms with Crippen LogP contribution in [0, 0.1) is 5.82 Å². The van der Waals surface area contributed by atoms with Crippen LogP contribution >= 0.6 is 35.7 Å². The molecule has 1 fully saturated rings. The molecule has 0 amide bonds. The first kappa shape index (κ1) is 23.5. The Morgan fingerprint density at radius 3 is 2.96 bits per heavy atom. The Morgan fingerprint density at radius 1 is 1.38 bits per heavy atom. The number of nitrogens with zero attached hydrogens (tertiary/aromatic N) is 1. The number of hydrogen-bond acceptors (Lipinski definition) is 4. The Labute approximate surface area is 176 Å². The predicted molar refractivity (Wildman–Crippen MR) is 116 cm³/mol. The Hall–Kier alpha value is -0.580. The number of hydrogen-bond donors (Lipinski definition) is 2. The molecule has 0 bridgehead atoms.